The van der Waals surface area contributed by atoms with E-state index in [1.165, 1.54) is 18.3 Å². The first-order chi connectivity index (χ1) is 7.72. The molecule has 0 saturated carbocycles. The number of rotatable bonds is 1. The lowest BCUT2D eigenvalue weighted by Crippen LogP contribution is -1.90. The lowest BCUT2D eigenvalue weighted by Gasteiger charge is -2.04. The summed E-state index contributed by atoms with van der Waals surface area (Å²) in [4.78, 5) is 3.88. The van der Waals surface area contributed by atoms with Crippen LogP contribution in [0.2, 0.25) is 5.02 Å². The Hall–Kier alpha value is -1.92. The van der Waals surface area contributed by atoms with Crippen LogP contribution in [0.4, 0.5) is 4.39 Å². The van der Waals surface area contributed by atoms with Gasteiger partial charge in [0.1, 0.15) is 17.6 Å². The van der Waals surface area contributed by atoms with Crippen molar-refractivity contribution in [3.05, 3.63) is 53.1 Å². The third-order valence-electron chi connectivity index (χ3n) is 2.13. The molecule has 0 aliphatic rings. The molecule has 0 amide bonds. The summed E-state index contributed by atoms with van der Waals surface area (Å²) in [5, 5.41) is 9.19. The number of pyridine rings is 1. The first-order valence-corrected chi connectivity index (χ1v) is 4.90. The molecule has 0 spiro atoms. The van der Waals surface area contributed by atoms with E-state index in [-0.39, 0.29) is 5.69 Å². The molecule has 2 rings (SSSR count). The fourth-order valence-electron chi connectivity index (χ4n) is 1.42. The van der Waals surface area contributed by atoms with Gasteiger partial charge in [-0.1, -0.05) is 11.6 Å². The number of hydrogen-bond donors (Lipinski definition) is 0. The van der Waals surface area contributed by atoms with Crippen molar-refractivity contribution < 1.29 is 4.39 Å². The molecule has 0 fully saturated rings. The highest BCUT2D eigenvalue weighted by Crippen LogP contribution is 2.26. The SMILES string of the molecule is N#Cc1ncccc1-c1ccc(Cl)cc1F. The molecule has 2 aromatic rings. The number of nitriles is 1. The van der Waals surface area contributed by atoms with E-state index in [0.717, 1.165) is 0 Å². The van der Waals surface area contributed by atoms with Gasteiger partial charge in [-0.3, -0.25) is 0 Å². The highest BCUT2D eigenvalue weighted by atomic mass is 35.5. The summed E-state index contributed by atoms with van der Waals surface area (Å²) < 4.78 is 13.6. The Morgan fingerprint density at radius 2 is 2.06 bits per heavy atom. The van der Waals surface area contributed by atoms with E-state index in [0.29, 0.717) is 16.1 Å². The molecule has 78 valence electrons. The molecule has 1 aromatic heterocycles. The maximum Gasteiger partial charge on any atom is 0.148 e. The van der Waals surface area contributed by atoms with Crippen LogP contribution in [0, 0.1) is 17.1 Å². The first-order valence-electron chi connectivity index (χ1n) is 4.53. The van der Waals surface area contributed by atoms with Crippen LogP contribution < -0.4 is 0 Å². The quantitative estimate of drug-likeness (QED) is 0.756. The highest BCUT2D eigenvalue weighted by Gasteiger charge is 2.10. The van der Waals surface area contributed by atoms with E-state index < -0.39 is 5.82 Å². The van der Waals surface area contributed by atoms with Crippen molar-refractivity contribution >= 4 is 11.6 Å². The maximum absolute atomic E-state index is 13.6. The van der Waals surface area contributed by atoms with Gasteiger partial charge in [0.2, 0.25) is 0 Å². The van der Waals surface area contributed by atoms with Crippen LogP contribution >= 0.6 is 11.6 Å². The topological polar surface area (TPSA) is 36.7 Å². The molecule has 0 radical (unpaired) electrons. The molecule has 1 heterocycles. The van der Waals surface area contributed by atoms with Crippen molar-refractivity contribution in [1.29, 1.82) is 5.26 Å². The van der Waals surface area contributed by atoms with E-state index in [2.05, 4.69) is 4.98 Å². The van der Waals surface area contributed by atoms with Crippen LogP contribution in [0.25, 0.3) is 11.1 Å². The van der Waals surface area contributed by atoms with Gasteiger partial charge < -0.3 is 0 Å². The molecular weight excluding hydrogens is 227 g/mol. The van der Waals surface area contributed by atoms with Gasteiger partial charge in [0.15, 0.2) is 0 Å². The molecule has 0 saturated heterocycles. The molecule has 0 N–H and O–H groups in total. The van der Waals surface area contributed by atoms with Crippen LogP contribution in [-0.4, -0.2) is 4.98 Å². The zero-order chi connectivity index (χ0) is 11.5. The van der Waals surface area contributed by atoms with Crippen molar-refractivity contribution in [2.24, 2.45) is 0 Å². The minimum Gasteiger partial charge on any atom is -0.245 e. The molecule has 0 aliphatic carbocycles. The van der Waals surface area contributed by atoms with Crippen molar-refractivity contribution in [2.75, 3.05) is 0 Å². The Bertz CT molecular complexity index is 575. The summed E-state index contributed by atoms with van der Waals surface area (Å²) in [6.07, 6.45) is 1.50. The predicted octanol–water partition coefficient (Wildman–Crippen LogP) is 3.41. The zero-order valence-corrected chi connectivity index (χ0v) is 8.87. The third kappa shape index (κ3) is 1.88. The van der Waals surface area contributed by atoms with Gasteiger partial charge in [0.25, 0.3) is 0 Å². The Morgan fingerprint density at radius 3 is 2.75 bits per heavy atom. The molecule has 2 nitrogen and oxygen atoms in total. The second-order valence-corrected chi connectivity index (χ2v) is 3.57. The minimum atomic E-state index is -0.461. The first kappa shape index (κ1) is 10.6. The van der Waals surface area contributed by atoms with Crippen molar-refractivity contribution in [1.82, 2.24) is 4.98 Å². The van der Waals surface area contributed by atoms with Crippen molar-refractivity contribution in [2.45, 2.75) is 0 Å². The smallest absolute Gasteiger partial charge is 0.148 e. The molecule has 0 atom stereocenters. The number of benzene rings is 1. The van der Waals surface area contributed by atoms with Gasteiger partial charge in [-0.15, -0.1) is 0 Å². The largest absolute Gasteiger partial charge is 0.245 e. The Kier molecular flexibility index (Phi) is 2.84. The zero-order valence-electron chi connectivity index (χ0n) is 8.11. The van der Waals surface area contributed by atoms with Gasteiger partial charge in [0.05, 0.1) is 0 Å². The maximum atomic E-state index is 13.6. The third-order valence-corrected chi connectivity index (χ3v) is 2.37. The molecule has 1 aromatic carbocycles. The number of hydrogen-bond acceptors (Lipinski definition) is 2. The number of aromatic nitrogens is 1. The van der Waals surface area contributed by atoms with Crippen LogP contribution in [0.15, 0.2) is 36.5 Å². The summed E-state index contributed by atoms with van der Waals surface area (Å²) in [6, 6.07) is 9.56. The van der Waals surface area contributed by atoms with Gasteiger partial charge in [-0.05, 0) is 30.3 Å². The van der Waals surface area contributed by atoms with Crippen LogP contribution in [0.5, 0.6) is 0 Å². The van der Waals surface area contributed by atoms with E-state index >= 15 is 0 Å². The average Bonchev–Trinajstić information content (AvgIpc) is 2.29. The monoisotopic (exact) mass is 232 g/mol. The van der Waals surface area contributed by atoms with Crippen LogP contribution in [-0.2, 0) is 0 Å². The van der Waals surface area contributed by atoms with Crippen molar-refractivity contribution in [3.8, 4) is 17.2 Å². The van der Waals surface area contributed by atoms with E-state index in [9.17, 15) is 4.39 Å². The van der Waals surface area contributed by atoms with Gasteiger partial charge in [-0.25, -0.2) is 9.37 Å². The fourth-order valence-corrected chi connectivity index (χ4v) is 1.58. The van der Waals surface area contributed by atoms with Crippen molar-refractivity contribution in [3.63, 3.8) is 0 Å². The standard InChI is InChI=1S/C12H6ClFN2/c13-8-3-4-9(11(14)6-8)10-2-1-5-16-12(10)7-15/h1-6H. The normalized spacial score (nSPS) is 9.81. The fraction of sp³-hybridized carbons (Fsp3) is 0. The van der Waals surface area contributed by atoms with Crippen LogP contribution in [0.3, 0.4) is 0 Å². The Labute approximate surface area is 96.9 Å². The Balaban J connectivity index is 2.64. The second-order valence-electron chi connectivity index (χ2n) is 3.14. The summed E-state index contributed by atoms with van der Waals surface area (Å²) in [5.41, 5.74) is 0.997. The summed E-state index contributed by atoms with van der Waals surface area (Å²) in [6.45, 7) is 0. The minimum absolute atomic E-state index is 0.198. The second kappa shape index (κ2) is 4.30. The summed E-state index contributed by atoms with van der Waals surface area (Å²) >= 11 is 5.66. The van der Waals surface area contributed by atoms with E-state index in [1.54, 1.807) is 18.2 Å². The average molecular weight is 233 g/mol. The number of nitrogens with zero attached hydrogens (tertiary/aromatic N) is 2. The molecule has 0 unspecified atom stereocenters. The molecular formula is C12H6ClFN2. The summed E-state index contributed by atoms with van der Waals surface area (Å²) in [7, 11) is 0. The lowest BCUT2D eigenvalue weighted by atomic mass is 10.0. The summed E-state index contributed by atoms with van der Waals surface area (Å²) in [5.74, 6) is -0.461. The predicted molar refractivity (Wildman–Crippen MR) is 59.4 cm³/mol. The molecule has 4 heteroatoms. The molecule has 16 heavy (non-hydrogen) atoms. The van der Waals surface area contributed by atoms with E-state index in [4.69, 9.17) is 16.9 Å². The van der Waals surface area contributed by atoms with Gasteiger partial charge in [0, 0.05) is 22.3 Å². The molecule has 0 aliphatic heterocycles. The van der Waals surface area contributed by atoms with Gasteiger partial charge >= 0.3 is 0 Å². The number of halogens is 2. The lowest BCUT2D eigenvalue weighted by molar-refractivity contribution is 0.631. The highest BCUT2D eigenvalue weighted by molar-refractivity contribution is 6.30. The Morgan fingerprint density at radius 1 is 1.25 bits per heavy atom. The van der Waals surface area contributed by atoms with E-state index in [1.807, 2.05) is 6.07 Å². The van der Waals surface area contributed by atoms with Crippen LogP contribution in [0.1, 0.15) is 5.69 Å². The molecule has 0 bridgehead atoms. The van der Waals surface area contributed by atoms with Gasteiger partial charge in [-0.2, -0.15) is 5.26 Å².